The first-order valence-corrected chi connectivity index (χ1v) is 23.4. The van der Waals surface area contributed by atoms with Gasteiger partial charge in [0.05, 0.1) is 6.63 Å². The first-order chi connectivity index (χ1) is 8.75. The van der Waals surface area contributed by atoms with Crippen LogP contribution in [0.15, 0.2) is 24.3 Å². The van der Waals surface area contributed by atoms with Gasteiger partial charge in [-0.05, 0) is 12.1 Å². The molecule has 20 heavy (non-hydrogen) atoms. The summed E-state index contributed by atoms with van der Waals surface area (Å²) in [5.74, 6) is 0. The molecule has 5 heteroatoms. The van der Waals surface area contributed by atoms with Crippen LogP contribution in [0, 0.1) is 0 Å². The van der Waals surface area contributed by atoms with Crippen molar-refractivity contribution in [3.8, 4) is 0 Å². The van der Waals surface area contributed by atoms with E-state index in [4.69, 9.17) is 11.6 Å². The summed E-state index contributed by atoms with van der Waals surface area (Å²) in [6.07, 6.45) is 0. The summed E-state index contributed by atoms with van der Waals surface area (Å²) in [6, 6.07) is 9.00. The van der Waals surface area contributed by atoms with Gasteiger partial charge in [0.25, 0.3) is 0 Å². The minimum atomic E-state index is -1.44. The molecule has 0 nitrogen and oxygen atoms in total. The van der Waals surface area contributed by atoms with Crippen LogP contribution in [0.5, 0.6) is 0 Å². The first-order valence-electron chi connectivity index (χ1n) is 7.51. The number of halogens is 1. The van der Waals surface area contributed by atoms with E-state index >= 15 is 0 Å². The zero-order valence-corrected chi connectivity index (χ0v) is 19.4. The van der Waals surface area contributed by atoms with Crippen LogP contribution in [0.3, 0.4) is 0 Å². The highest BCUT2D eigenvalue weighted by atomic mass is 35.5. The van der Waals surface area contributed by atoms with Gasteiger partial charge >= 0.3 is 0 Å². The van der Waals surface area contributed by atoms with Crippen LogP contribution in [0.1, 0.15) is 0 Å². The summed E-state index contributed by atoms with van der Waals surface area (Å²) >= 11 is 6.15. The van der Waals surface area contributed by atoms with Gasteiger partial charge in [-0.3, -0.25) is 0 Å². The zero-order chi connectivity index (χ0) is 16.0. The molecular formula is C15H31ClSi4. The third-order valence-electron chi connectivity index (χ3n) is 4.65. The highest BCUT2D eigenvalue weighted by Gasteiger charge is 2.62. The Morgan fingerprint density at radius 1 is 0.600 bits per heavy atom. The topological polar surface area (TPSA) is 0 Å². The molecule has 0 saturated heterocycles. The van der Waals surface area contributed by atoms with Crippen molar-refractivity contribution in [2.45, 2.75) is 58.9 Å². The predicted octanol–water partition coefficient (Wildman–Crippen LogP) is 5.25. The van der Waals surface area contributed by atoms with Crippen molar-refractivity contribution in [2.24, 2.45) is 0 Å². The molecule has 1 aromatic rings. The SMILES string of the molecule is C[Si](C)(C)[Si](c1ccc(Cl)cc1)([Si](C)(C)C)[Si](C)(C)C. The van der Waals surface area contributed by atoms with Crippen molar-refractivity contribution in [1.29, 1.82) is 0 Å². The highest BCUT2D eigenvalue weighted by molar-refractivity contribution is 7.92. The van der Waals surface area contributed by atoms with Crippen molar-refractivity contribution in [1.82, 2.24) is 0 Å². The van der Waals surface area contributed by atoms with Gasteiger partial charge in [0.15, 0.2) is 0 Å². The molecule has 114 valence electrons. The summed E-state index contributed by atoms with van der Waals surface area (Å²) < 4.78 is 0. The van der Waals surface area contributed by atoms with Crippen LogP contribution in [0.2, 0.25) is 63.9 Å². The maximum atomic E-state index is 6.15. The zero-order valence-electron chi connectivity index (χ0n) is 14.7. The molecule has 0 unspecified atom stereocenters. The Balaban J connectivity index is 3.77. The van der Waals surface area contributed by atoms with Crippen molar-refractivity contribution in [3.05, 3.63) is 29.3 Å². The molecule has 0 aliphatic carbocycles. The molecule has 0 aromatic heterocycles. The Labute approximate surface area is 134 Å². The quantitative estimate of drug-likeness (QED) is 0.645. The summed E-state index contributed by atoms with van der Waals surface area (Å²) in [6.45, 7) is 22.2. The van der Waals surface area contributed by atoms with Crippen LogP contribution < -0.4 is 5.19 Å². The van der Waals surface area contributed by atoms with Gasteiger partial charge in [-0.2, -0.15) is 0 Å². The van der Waals surface area contributed by atoms with Crippen LogP contribution in [0.4, 0.5) is 0 Å². The molecule has 1 rings (SSSR count). The molecule has 0 bridgehead atoms. The van der Waals surface area contributed by atoms with Gasteiger partial charge in [0.1, 0.15) is 0 Å². The molecule has 0 aliphatic heterocycles. The lowest BCUT2D eigenvalue weighted by Crippen LogP contribution is -2.88. The van der Waals surface area contributed by atoms with Crippen molar-refractivity contribution < 1.29 is 0 Å². The van der Waals surface area contributed by atoms with Crippen LogP contribution in [0.25, 0.3) is 0 Å². The minimum absolute atomic E-state index is 0.873. The van der Waals surface area contributed by atoms with Gasteiger partial charge < -0.3 is 0 Å². The average Bonchev–Trinajstić information content (AvgIpc) is 2.14. The van der Waals surface area contributed by atoms with Gasteiger partial charge in [-0.25, -0.2) is 0 Å². The van der Waals surface area contributed by atoms with E-state index in [0.29, 0.717) is 0 Å². The first kappa shape index (κ1) is 18.4. The van der Waals surface area contributed by atoms with E-state index in [1.54, 1.807) is 5.19 Å². The van der Waals surface area contributed by atoms with Gasteiger partial charge in [0, 0.05) is 27.8 Å². The van der Waals surface area contributed by atoms with E-state index in [-0.39, 0.29) is 0 Å². The van der Waals surface area contributed by atoms with E-state index in [9.17, 15) is 0 Å². The third-order valence-corrected chi connectivity index (χ3v) is 76.2. The van der Waals surface area contributed by atoms with E-state index in [2.05, 4.69) is 83.2 Å². The molecule has 0 atom stereocenters. The minimum Gasteiger partial charge on any atom is -0.0843 e. The monoisotopic (exact) mass is 358 g/mol. The third kappa shape index (κ3) is 2.95. The number of rotatable bonds is 4. The summed E-state index contributed by atoms with van der Waals surface area (Å²) in [4.78, 5) is 0. The maximum absolute atomic E-state index is 6.15. The fourth-order valence-electron chi connectivity index (χ4n) is 5.37. The second-order valence-electron chi connectivity index (χ2n) is 9.01. The summed E-state index contributed by atoms with van der Waals surface area (Å²) in [5.41, 5.74) is 0. The number of hydrogen-bond acceptors (Lipinski definition) is 0. The fraction of sp³-hybridized carbons (Fsp3) is 0.600. The Kier molecular flexibility index (Phi) is 5.10. The Morgan fingerprint density at radius 3 is 1.15 bits per heavy atom. The maximum Gasteiger partial charge on any atom is 0.0685 e. The van der Waals surface area contributed by atoms with Crippen molar-refractivity contribution in [2.75, 3.05) is 0 Å². The van der Waals surface area contributed by atoms with Crippen LogP contribution >= 0.6 is 11.6 Å². The molecule has 0 aliphatic rings. The van der Waals surface area contributed by atoms with Crippen LogP contribution in [-0.2, 0) is 0 Å². The van der Waals surface area contributed by atoms with E-state index in [0.717, 1.165) is 5.02 Å². The lowest BCUT2D eigenvalue weighted by molar-refractivity contribution is 1.70. The highest BCUT2D eigenvalue weighted by Crippen LogP contribution is 2.36. The Bertz CT molecular complexity index is 425. The molecule has 0 saturated carbocycles. The van der Waals surface area contributed by atoms with E-state index in [1.165, 1.54) is 0 Å². The van der Waals surface area contributed by atoms with Gasteiger partial charge in [-0.1, -0.05) is 87.8 Å². The molecule has 0 N–H and O–H groups in total. The number of hydrogen-bond donors (Lipinski definition) is 0. The number of benzene rings is 1. The molecule has 0 amide bonds. The molecule has 0 radical (unpaired) electrons. The van der Waals surface area contributed by atoms with E-state index < -0.39 is 29.4 Å². The molecule has 0 heterocycles. The molecule has 0 spiro atoms. The molecule has 0 fully saturated rings. The standard InChI is InChI=1S/C15H31ClSi4/c1-17(2,3)20(18(4,5)6,19(7,8)9)15-12-10-14(16)11-13-15/h10-13H,1-9H3. The predicted molar refractivity (Wildman–Crippen MR) is 107 cm³/mol. The fourth-order valence-corrected chi connectivity index (χ4v) is 106. The molecule has 1 aromatic carbocycles. The Morgan fingerprint density at radius 2 is 0.900 bits per heavy atom. The lowest BCUT2D eigenvalue weighted by Gasteiger charge is -2.57. The Hall–Kier alpha value is 0.378. The normalized spacial score (nSPS) is 14.5. The largest absolute Gasteiger partial charge is 0.0843 e. The second kappa shape index (κ2) is 5.54. The van der Waals surface area contributed by atoms with Crippen molar-refractivity contribution in [3.63, 3.8) is 0 Å². The smallest absolute Gasteiger partial charge is 0.0685 e. The summed E-state index contributed by atoms with van der Waals surface area (Å²) in [7, 11) is -3.74. The second-order valence-corrected chi connectivity index (χ2v) is 49.8. The van der Waals surface area contributed by atoms with Crippen molar-refractivity contribution >= 4 is 46.2 Å². The lowest BCUT2D eigenvalue weighted by atomic mass is 10.4. The van der Waals surface area contributed by atoms with Gasteiger partial charge in [0.2, 0.25) is 0 Å². The average molecular weight is 359 g/mol. The van der Waals surface area contributed by atoms with E-state index in [1.807, 2.05) is 0 Å². The summed E-state index contributed by atoms with van der Waals surface area (Å²) in [5, 5.41) is 2.58. The van der Waals surface area contributed by atoms with Gasteiger partial charge in [-0.15, -0.1) is 0 Å². The molecular weight excluding hydrogens is 328 g/mol. The van der Waals surface area contributed by atoms with Crippen LogP contribution in [-0.4, -0.2) is 29.4 Å².